The van der Waals surface area contributed by atoms with Crippen molar-refractivity contribution in [3.05, 3.63) is 39.9 Å². The van der Waals surface area contributed by atoms with E-state index in [1.165, 1.54) is 0 Å². The molecule has 0 aliphatic carbocycles. The van der Waals surface area contributed by atoms with E-state index in [1.807, 2.05) is 0 Å². The minimum absolute atomic E-state index is 0.00566. The highest BCUT2D eigenvalue weighted by Gasteiger charge is 2.47. The van der Waals surface area contributed by atoms with E-state index in [0.29, 0.717) is 11.0 Å². The van der Waals surface area contributed by atoms with Crippen molar-refractivity contribution in [2.45, 2.75) is 23.9 Å². The monoisotopic (exact) mass is 461 g/mol. The molecule has 0 fully saturated rings. The van der Waals surface area contributed by atoms with E-state index in [1.54, 1.807) is 0 Å². The molecule has 0 saturated heterocycles. The van der Waals surface area contributed by atoms with Gasteiger partial charge in [-0.25, -0.2) is 13.6 Å². The van der Waals surface area contributed by atoms with Crippen LogP contribution in [0.25, 0.3) is 10.8 Å². The van der Waals surface area contributed by atoms with Crippen LogP contribution >= 0.6 is 0 Å². The third-order valence-electron chi connectivity index (χ3n) is 4.69. The summed E-state index contributed by atoms with van der Waals surface area (Å²) < 4.78 is 67.5. The second-order valence-corrected chi connectivity index (χ2v) is 8.32. The molecule has 166 valence electrons. The fourth-order valence-corrected chi connectivity index (χ4v) is 4.07. The number of non-ortho nitro benzene ring substituents is 1. The molecular formula is C17H14F3N3O7S. The highest BCUT2D eigenvalue weighted by molar-refractivity contribution is 7.89. The molecule has 0 radical (unpaired) electrons. The number of carbonyl (C=O) groups is 2. The van der Waals surface area contributed by atoms with E-state index >= 15 is 0 Å². The predicted octanol–water partition coefficient (Wildman–Crippen LogP) is 1.95. The van der Waals surface area contributed by atoms with Crippen molar-refractivity contribution in [3.8, 4) is 0 Å². The Balaban J connectivity index is 2.33. The Bertz CT molecular complexity index is 1230. The molecule has 2 N–H and O–H groups in total. The van der Waals surface area contributed by atoms with Crippen LogP contribution < -0.4 is 10.0 Å². The zero-order chi connectivity index (χ0) is 23.3. The van der Waals surface area contributed by atoms with Gasteiger partial charge in [-0.2, -0.15) is 13.2 Å². The van der Waals surface area contributed by atoms with Gasteiger partial charge in [-0.05, 0) is 23.1 Å². The van der Waals surface area contributed by atoms with E-state index in [-0.39, 0.29) is 22.0 Å². The van der Waals surface area contributed by atoms with E-state index in [4.69, 9.17) is 9.88 Å². The molecule has 0 bridgehead atoms. The number of halogens is 3. The molecule has 1 amide bonds. The summed E-state index contributed by atoms with van der Waals surface area (Å²) in [6.45, 7) is 0.0732. The van der Waals surface area contributed by atoms with Crippen molar-refractivity contribution < 1.29 is 40.8 Å². The molecule has 2 aromatic rings. The van der Waals surface area contributed by atoms with Crippen LogP contribution in [0.4, 0.5) is 24.5 Å². The summed E-state index contributed by atoms with van der Waals surface area (Å²) in [5.74, 6) is -3.96. The number of amides is 1. The number of hydrogen-bond donors (Lipinski definition) is 1. The molecule has 31 heavy (non-hydrogen) atoms. The minimum atomic E-state index is -5.22. The zero-order valence-electron chi connectivity index (χ0n) is 15.7. The maximum atomic E-state index is 13.1. The number of esters is 1. The van der Waals surface area contributed by atoms with Gasteiger partial charge in [0.05, 0.1) is 21.8 Å². The topological polar surface area (TPSA) is 150 Å². The first kappa shape index (κ1) is 22.4. The van der Waals surface area contributed by atoms with Crippen molar-refractivity contribution in [1.82, 2.24) is 0 Å². The maximum Gasteiger partial charge on any atom is 0.471 e. The molecule has 0 saturated carbocycles. The van der Waals surface area contributed by atoms with Gasteiger partial charge in [-0.15, -0.1) is 0 Å². The predicted molar refractivity (Wildman–Crippen MR) is 99.8 cm³/mol. The first-order chi connectivity index (χ1) is 14.2. The number of rotatable bonds is 4. The van der Waals surface area contributed by atoms with Crippen molar-refractivity contribution >= 4 is 44.0 Å². The van der Waals surface area contributed by atoms with Crippen LogP contribution in [0.5, 0.6) is 0 Å². The third-order valence-corrected chi connectivity index (χ3v) is 5.58. The number of nitro benzene ring substituents is 1. The number of sulfonamides is 1. The van der Waals surface area contributed by atoms with Crippen molar-refractivity contribution in [2.24, 2.45) is 5.14 Å². The van der Waals surface area contributed by atoms with Crippen molar-refractivity contribution in [3.63, 3.8) is 0 Å². The van der Waals surface area contributed by atoms with Gasteiger partial charge in [-0.1, -0.05) is 6.07 Å². The van der Waals surface area contributed by atoms with Gasteiger partial charge in [0.1, 0.15) is 0 Å². The highest BCUT2D eigenvalue weighted by Crippen LogP contribution is 2.46. The zero-order valence-corrected chi connectivity index (χ0v) is 16.5. The Kier molecular flexibility index (Phi) is 5.40. The molecule has 1 unspecified atom stereocenters. The molecule has 1 atom stereocenters. The molecule has 3 rings (SSSR count). The molecule has 10 nitrogen and oxygen atoms in total. The average molecular weight is 461 g/mol. The van der Waals surface area contributed by atoms with Gasteiger partial charge in [0, 0.05) is 31.1 Å². The quantitative estimate of drug-likeness (QED) is 0.415. The molecule has 1 heterocycles. The van der Waals surface area contributed by atoms with Crippen LogP contribution in [-0.4, -0.2) is 44.5 Å². The highest BCUT2D eigenvalue weighted by atomic mass is 32.2. The molecule has 2 aromatic carbocycles. The number of carbonyl (C=O) groups excluding carboxylic acids is 2. The van der Waals surface area contributed by atoms with Gasteiger partial charge in [-0.3, -0.25) is 19.7 Å². The van der Waals surface area contributed by atoms with Gasteiger partial charge in [0.25, 0.3) is 5.69 Å². The summed E-state index contributed by atoms with van der Waals surface area (Å²) in [7, 11) is -4.33. The molecule has 0 spiro atoms. The van der Waals surface area contributed by atoms with E-state index in [0.717, 1.165) is 25.1 Å². The van der Waals surface area contributed by atoms with Crippen LogP contribution in [0.3, 0.4) is 0 Å². The second kappa shape index (κ2) is 7.46. The number of alkyl halides is 3. The number of anilines is 1. The molecule has 0 aromatic heterocycles. The number of fused-ring (bicyclic) bond motifs is 3. The average Bonchev–Trinajstić information content (AvgIpc) is 3.01. The Labute approximate surface area is 172 Å². The summed E-state index contributed by atoms with van der Waals surface area (Å²) in [4.78, 5) is 33.7. The fraction of sp³-hybridized carbons (Fsp3) is 0.294. The summed E-state index contributed by atoms with van der Waals surface area (Å²) in [6, 6.07) is 4.00. The molecule has 1 aliphatic heterocycles. The van der Waals surface area contributed by atoms with Crippen LogP contribution in [-0.2, 0) is 24.3 Å². The first-order valence-corrected chi connectivity index (χ1v) is 10.1. The Morgan fingerprint density at radius 1 is 1.32 bits per heavy atom. The lowest BCUT2D eigenvalue weighted by Gasteiger charge is -2.19. The number of hydrogen-bond acceptors (Lipinski definition) is 7. The molecule has 1 aliphatic rings. The largest absolute Gasteiger partial charge is 0.471 e. The summed E-state index contributed by atoms with van der Waals surface area (Å²) >= 11 is 0. The number of nitrogens with zero attached hydrogens (tertiary/aromatic N) is 2. The van der Waals surface area contributed by atoms with Crippen molar-refractivity contribution in [1.29, 1.82) is 0 Å². The molecule has 14 heteroatoms. The Hall–Kier alpha value is -3.26. The van der Waals surface area contributed by atoms with Crippen LogP contribution in [0.15, 0.2) is 29.2 Å². The van der Waals surface area contributed by atoms with Gasteiger partial charge < -0.3 is 9.64 Å². The summed E-state index contributed by atoms with van der Waals surface area (Å²) in [5, 5.41) is 16.6. The lowest BCUT2D eigenvalue weighted by molar-refractivity contribution is -0.383. The van der Waals surface area contributed by atoms with Crippen molar-refractivity contribution in [2.75, 3.05) is 18.1 Å². The SMILES string of the molecule is CC(=O)OCC1CN(C(=O)C(F)(F)F)c2ccc3cc(S(N)(=O)=O)cc([N+](=O)[O-])c3c21. The Morgan fingerprint density at radius 3 is 2.48 bits per heavy atom. The van der Waals surface area contributed by atoms with E-state index < -0.39 is 62.7 Å². The normalized spacial score (nSPS) is 16.3. The smallest absolute Gasteiger partial charge is 0.465 e. The van der Waals surface area contributed by atoms with Crippen LogP contribution in [0, 0.1) is 10.1 Å². The number of nitrogens with two attached hydrogens (primary N) is 1. The first-order valence-electron chi connectivity index (χ1n) is 8.51. The number of benzene rings is 2. The van der Waals surface area contributed by atoms with Gasteiger partial charge in [0.15, 0.2) is 0 Å². The third kappa shape index (κ3) is 4.16. The van der Waals surface area contributed by atoms with E-state index in [9.17, 15) is 41.3 Å². The summed E-state index contributed by atoms with van der Waals surface area (Å²) in [5.41, 5.74) is -1.02. The minimum Gasteiger partial charge on any atom is -0.465 e. The van der Waals surface area contributed by atoms with E-state index in [2.05, 4.69) is 0 Å². The standard InChI is InChI=1S/C17H14F3N3O7S/c1-8(24)30-7-10-6-22(16(25)17(18,19)20)12-3-2-9-4-11(31(21,28)29)5-13(23(26)27)14(9)15(10)12/h2-5,10H,6-7H2,1H3,(H2,21,28,29). The molecular weight excluding hydrogens is 447 g/mol. The lowest BCUT2D eigenvalue weighted by Crippen LogP contribution is -2.40. The van der Waals surface area contributed by atoms with Gasteiger partial charge in [0.2, 0.25) is 10.0 Å². The van der Waals surface area contributed by atoms with Gasteiger partial charge >= 0.3 is 18.1 Å². The lowest BCUT2D eigenvalue weighted by atomic mass is 9.94. The number of ether oxygens (including phenoxy) is 1. The van der Waals surface area contributed by atoms with Crippen LogP contribution in [0.1, 0.15) is 18.4 Å². The number of nitro groups is 1. The maximum absolute atomic E-state index is 13.1. The Morgan fingerprint density at radius 2 is 1.97 bits per heavy atom. The second-order valence-electron chi connectivity index (χ2n) is 6.75. The van der Waals surface area contributed by atoms with Crippen LogP contribution in [0.2, 0.25) is 0 Å². The summed E-state index contributed by atoms with van der Waals surface area (Å²) in [6.07, 6.45) is -5.22. The number of primary sulfonamides is 1. The fourth-order valence-electron chi connectivity index (χ4n) is 3.50.